The Hall–Kier alpha value is -1.91. The largest absolute Gasteiger partial charge is 0.444 e. The van der Waals surface area contributed by atoms with Crippen molar-refractivity contribution in [3.8, 4) is 6.07 Å². The molecule has 0 aliphatic carbocycles. The van der Waals surface area contributed by atoms with Crippen molar-refractivity contribution in [1.29, 1.82) is 5.26 Å². The fraction of sp³-hybridized carbons (Fsp3) is 0.333. The molecule has 102 valence electrons. The molecule has 1 aromatic rings. The second-order valence-corrected chi connectivity index (χ2v) is 6.14. The third-order valence-electron chi connectivity index (χ3n) is 2.31. The number of nitriles is 1. The molecule has 0 aliphatic heterocycles. The fourth-order valence-electron chi connectivity index (χ4n) is 1.25. The van der Waals surface area contributed by atoms with Crippen LogP contribution in [-0.4, -0.2) is 38.9 Å². The van der Waals surface area contributed by atoms with Gasteiger partial charge in [-0.3, -0.25) is 0 Å². The van der Waals surface area contributed by atoms with Gasteiger partial charge in [-0.1, -0.05) is 6.07 Å². The van der Waals surface area contributed by atoms with Crippen molar-refractivity contribution in [3.05, 3.63) is 29.8 Å². The van der Waals surface area contributed by atoms with E-state index >= 15 is 0 Å². The number of esters is 1. The summed E-state index contributed by atoms with van der Waals surface area (Å²) >= 11 is 0. The summed E-state index contributed by atoms with van der Waals surface area (Å²) in [5.74, 6) is -0.732. The molecule has 6 nitrogen and oxygen atoms in total. The number of sulfonamides is 1. The number of carbonyl (C=O) groups excluding carboxylic acids is 1. The Morgan fingerprint density at radius 2 is 2.05 bits per heavy atom. The predicted molar refractivity (Wildman–Crippen MR) is 67.8 cm³/mol. The molecule has 1 aromatic carbocycles. The minimum Gasteiger partial charge on any atom is -0.444 e. The lowest BCUT2D eigenvalue weighted by molar-refractivity contribution is 0.0435. The van der Waals surface area contributed by atoms with E-state index in [4.69, 9.17) is 10.00 Å². The average Bonchev–Trinajstić information content (AvgIpc) is 2.38. The summed E-state index contributed by atoms with van der Waals surface area (Å²) in [7, 11) is -0.805. The molecule has 0 saturated heterocycles. The summed E-state index contributed by atoms with van der Waals surface area (Å²) in [4.78, 5) is 11.7. The molecule has 19 heavy (non-hydrogen) atoms. The number of nitrogens with zero attached hydrogens (tertiary/aromatic N) is 2. The van der Waals surface area contributed by atoms with E-state index in [1.54, 1.807) is 6.07 Å². The van der Waals surface area contributed by atoms with Crippen molar-refractivity contribution >= 4 is 16.0 Å². The molecule has 0 unspecified atom stereocenters. The zero-order valence-corrected chi connectivity index (χ0v) is 11.6. The number of carbonyl (C=O) groups is 1. The van der Waals surface area contributed by atoms with Gasteiger partial charge in [-0.15, -0.1) is 0 Å². The molecule has 7 heteroatoms. The van der Waals surface area contributed by atoms with Crippen LogP contribution in [-0.2, 0) is 14.8 Å². The first-order valence-corrected chi connectivity index (χ1v) is 6.86. The zero-order chi connectivity index (χ0) is 14.6. The predicted octanol–water partition coefficient (Wildman–Crippen LogP) is 1.01. The molecule has 1 atom stereocenters. The lowest BCUT2D eigenvalue weighted by atomic mass is 10.2. The number of benzene rings is 1. The monoisotopic (exact) mass is 282 g/mol. The minimum atomic E-state index is -3.61. The molecule has 0 heterocycles. The zero-order valence-electron chi connectivity index (χ0n) is 10.8. The van der Waals surface area contributed by atoms with Crippen LogP contribution in [0.1, 0.15) is 17.3 Å². The first kappa shape index (κ1) is 15.1. The van der Waals surface area contributed by atoms with Crippen LogP contribution >= 0.6 is 0 Å². The van der Waals surface area contributed by atoms with Gasteiger partial charge in [-0.05, 0) is 25.1 Å². The summed E-state index contributed by atoms with van der Waals surface area (Å²) in [6.07, 6.45) is -0.887. The van der Waals surface area contributed by atoms with Crippen molar-refractivity contribution in [1.82, 2.24) is 4.31 Å². The van der Waals surface area contributed by atoms with Gasteiger partial charge in [0.1, 0.15) is 6.07 Å². The molecule has 0 aliphatic rings. The van der Waals surface area contributed by atoms with E-state index in [9.17, 15) is 13.2 Å². The van der Waals surface area contributed by atoms with Crippen LogP contribution in [0.2, 0.25) is 0 Å². The van der Waals surface area contributed by atoms with E-state index in [2.05, 4.69) is 0 Å². The maximum absolute atomic E-state index is 11.9. The summed E-state index contributed by atoms with van der Waals surface area (Å²) in [5, 5.41) is 8.56. The third kappa shape index (κ3) is 3.53. The van der Waals surface area contributed by atoms with Gasteiger partial charge in [-0.2, -0.15) is 5.26 Å². The van der Waals surface area contributed by atoms with Crippen LogP contribution in [0.25, 0.3) is 0 Å². The molecule has 0 saturated carbocycles. The first-order valence-electron chi connectivity index (χ1n) is 5.42. The number of rotatable bonds is 4. The van der Waals surface area contributed by atoms with Crippen molar-refractivity contribution in [2.45, 2.75) is 17.9 Å². The quantitative estimate of drug-likeness (QED) is 0.769. The van der Waals surface area contributed by atoms with Crippen molar-refractivity contribution in [2.24, 2.45) is 0 Å². The Bertz CT molecular complexity index is 617. The fourth-order valence-corrected chi connectivity index (χ4v) is 2.20. The highest BCUT2D eigenvalue weighted by molar-refractivity contribution is 7.89. The molecule has 0 amide bonds. The summed E-state index contributed by atoms with van der Waals surface area (Å²) in [6.45, 7) is 1.43. The van der Waals surface area contributed by atoms with Crippen LogP contribution in [0.15, 0.2) is 29.2 Å². The topological polar surface area (TPSA) is 87.5 Å². The van der Waals surface area contributed by atoms with Crippen molar-refractivity contribution < 1.29 is 17.9 Å². The van der Waals surface area contributed by atoms with Gasteiger partial charge in [-0.25, -0.2) is 17.5 Å². The SMILES string of the molecule is C[C@@H](C#N)OC(=O)c1cccc(S(=O)(=O)N(C)C)c1. The van der Waals surface area contributed by atoms with Gasteiger partial charge in [0.25, 0.3) is 0 Å². The second kappa shape index (κ2) is 5.82. The van der Waals surface area contributed by atoms with Crippen LogP contribution in [0.3, 0.4) is 0 Å². The Morgan fingerprint density at radius 1 is 1.42 bits per heavy atom. The highest BCUT2D eigenvalue weighted by Gasteiger charge is 2.19. The van der Waals surface area contributed by atoms with Crippen LogP contribution in [0.5, 0.6) is 0 Å². The van der Waals surface area contributed by atoms with E-state index in [1.165, 1.54) is 45.3 Å². The highest BCUT2D eigenvalue weighted by Crippen LogP contribution is 2.15. The van der Waals surface area contributed by atoms with Crippen molar-refractivity contribution in [2.75, 3.05) is 14.1 Å². The molecular weight excluding hydrogens is 268 g/mol. The Morgan fingerprint density at radius 3 is 2.58 bits per heavy atom. The molecule has 0 N–H and O–H groups in total. The highest BCUT2D eigenvalue weighted by atomic mass is 32.2. The molecule has 0 radical (unpaired) electrons. The van der Waals surface area contributed by atoms with E-state index in [-0.39, 0.29) is 10.5 Å². The van der Waals surface area contributed by atoms with Gasteiger partial charge in [0.05, 0.1) is 10.5 Å². The summed E-state index contributed by atoms with van der Waals surface area (Å²) in [5.41, 5.74) is 0.0880. The van der Waals surface area contributed by atoms with Crippen LogP contribution in [0.4, 0.5) is 0 Å². The molecular formula is C12H14N2O4S. The van der Waals surface area contributed by atoms with Gasteiger partial charge < -0.3 is 4.74 Å². The minimum absolute atomic E-state index is 0.00318. The maximum atomic E-state index is 11.9. The standard InChI is InChI=1S/C12H14N2O4S/c1-9(8-13)18-12(15)10-5-4-6-11(7-10)19(16,17)14(2)3/h4-7,9H,1-3H3/t9-/m0/s1. The van der Waals surface area contributed by atoms with E-state index < -0.39 is 22.1 Å². The second-order valence-electron chi connectivity index (χ2n) is 3.99. The lowest BCUT2D eigenvalue weighted by Gasteiger charge is -2.12. The molecule has 0 fully saturated rings. The lowest BCUT2D eigenvalue weighted by Crippen LogP contribution is -2.22. The molecule has 0 spiro atoms. The normalized spacial score (nSPS) is 12.8. The van der Waals surface area contributed by atoms with E-state index in [0.29, 0.717) is 0 Å². The van der Waals surface area contributed by atoms with E-state index in [0.717, 1.165) is 4.31 Å². The smallest absolute Gasteiger partial charge is 0.339 e. The number of hydrogen-bond donors (Lipinski definition) is 0. The van der Waals surface area contributed by atoms with Gasteiger partial charge in [0, 0.05) is 14.1 Å². The van der Waals surface area contributed by atoms with Gasteiger partial charge in [0.15, 0.2) is 6.10 Å². The number of hydrogen-bond acceptors (Lipinski definition) is 5. The van der Waals surface area contributed by atoms with Gasteiger partial charge in [0.2, 0.25) is 10.0 Å². The molecule has 1 rings (SSSR count). The summed E-state index contributed by atoms with van der Waals surface area (Å²) in [6, 6.07) is 7.25. The van der Waals surface area contributed by atoms with Gasteiger partial charge >= 0.3 is 5.97 Å². The Labute approximate surface area is 112 Å². The molecule has 0 bridgehead atoms. The maximum Gasteiger partial charge on any atom is 0.339 e. The average molecular weight is 282 g/mol. The summed E-state index contributed by atoms with van der Waals surface area (Å²) < 4.78 is 29.7. The van der Waals surface area contributed by atoms with Crippen molar-refractivity contribution in [3.63, 3.8) is 0 Å². The van der Waals surface area contributed by atoms with E-state index in [1.807, 2.05) is 0 Å². The van der Waals surface area contributed by atoms with Crippen LogP contribution < -0.4 is 0 Å². The number of ether oxygens (including phenoxy) is 1. The van der Waals surface area contributed by atoms with Crippen LogP contribution in [0, 0.1) is 11.3 Å². The first-order chi connectivity index (χ1) is 8.78. The Balaban J connectivity index is 3.09. The molecule has 0 aromatic heterocycles. The Kier molecular flexibility index (Phi) is 4.64. The third-order valence-corrected chi connectivity index (χ3v) is 4.13.